The number of nitrogen functional groups attached to an aromatic ring is 2. The predicted molar refractivity (Wildman–Crippen MR) is 55.9 cm³/mol. The molecule has 2 heterocycles. The standard InChI is InChI=1S/C9H11N5O/c1-4-3-5-6(7(10)12-4)8(11)14(2)13-9(5)15/h3H,1-2H3,(H4,10,11,12,13,15)/p+2. The van der Waals surface area contributed by atoms with Crippen LogP contribution in [0.5, 0.6) is 0 Å². The molecule has 0 aliphatic heterocycles. The Labute approximate surface area is 85.5 Å². The Kier molecular flexibility index (Phi) is 1.85. The van der Waals surface area contributed by atoms with Crippen molar-refractivity contribution in [2.24, 2.45) is 7.05 Å². The third-order valence-corrected chi connectivity index (χ3v) is 2.36. The van der Waals surface area contributed by atoms with Crippen molar-refractivity contribution in [1.29, 1.82) is 0 Å². The molecule has 0 spiro atoms. The van der Waals surface area contributed by atoms with E-state index in [-0.39, 0.29) is 5.56 Å². The lowest BCUT2D eigenvalue weighted by Crippen LogP contribution is -2.42. The predicted octanol–water partition coefficient (Wildman–Crippen LogP) is -1.36. The van der Waals surface area contributed by atoms with Gasteiger partial charge in [-0.15, -0.1) is 0 Å². The van der Waals surface area contributed by atoms with Crippen LogP contribution in [-0.2, 0) is 7.05 Å². The molecule has 0 aliphatic rings. The molecule has 2 aromatic heterocycles. The van der Waals surface area contributed by atoms with E-state index >= 15 is 0 Å². The first-order chi connectivity index (χ1) is 7.00. The largest absolute Gasteiger partial charge is 0.307 e. The number of nitrogens with one attached hydrogen (secondary N) is 2. The Balaban J connectivity index is 3.10. The Bertz CT molecular complexity index is 601. The van der Waals surface area contributed by atoms with Gasteiger partial charge >= 0.3 is 5.82 Å². The number of aromatic amines is 2. The van der Waals surface area contributed by atoms with Crippen LogP contribution in [-0.4, -0.2) is 5.10 Å². The van der Waals surface area contributed by atoms with E-state index < -0.39 is 0 Å². The van der Waals surface area contributed by atoms with Crippen molar-refractivity contribution < 1.29 is 9.67 Å². The number of pyridine rings is 1. The molecule has 0 amide bonds. The maximum atomic E-state index is 11.7. The zero-order valence-corrected chi connectivity index (χ0v) is 8.59. The van der Waals surface area contributed by atoms with Crippen molar-refractivity contribution in [1.82, 2.24) is 5.10 Å². The smallest absolute Gasteiger partial charge is 0.286 e. The molecular formula is C9H13N5O+2. The average molecular weight is 207 g/mol. The number of rotatable bonds is 0. The highest BCUT2D eigenvalue weighted by Gasteiger charge is 2.18. The molecule has 6 nitrogen and oxygen atoms in total. The van der Waals surface area contributed by atoms with Crippen molar-refractivity contribution in [2.75, 3.05) is 11.5 Å². The fraction of sp³-hybridized carbons (Fsp3) is 0.222. The molecule has 0 radical (unpaired) electrons. The van der Waals surface area contributed by atoms with Gasteiger partial charge in [-0.1, -0.05) is 0 Å². The SMILES string of the molecule is Cc1cc2c(=O)[nH][n+](C)c(N)c2c(N)[nH+]1. The normalized spacial score (nSPS) is 10.8. The number of nitrogens with two attached hydrogens (primary N) is 2. The topological polar surface area (TPSA) is 103 Å². The molecule has 0 unspecified atom stereocenters. The first-order valence-corrected chi connectivity index (χ1v) is 4.50. The number of fused-ring (bicyclic) bond motifs is 1. The molecule has 6 heteroatoms. The second-order valence-corrected chi connectivity index (χ2v) is 3.54. The van der Waals surface area contributed by atoms with E-state index in [9.17, 15) is 4.79 Å². The van der Waals surface area contributed by atoms with Crippen LogP contribution in [0.4, 0.5) is 11.6 Å². The fourth-order valence-corrected chi connectivity index (χ4v) is 1.64. The zero-order chi connectivity index (χ0) is 11.2. The van der Waals surface area contributed by atoms with Crippen LogP contribution in [0.2, 0.25) is 0 Å². The minimum atomic E-state index is -0.203. The summed E-state index contributed by atoms with van der Waals surface area (Å²) in [6.45, 7) is 1.83. The van der Waals surface area contributed by atoms with Gasteiger partial charge < -0.3 is 0 Å². The Morgan fingerprint density at radius 2 is 2.13 bits per heavy atom. The van der Waals surface area contributed by atoms with Gasteiger partial charge in [0.2, 0.25) is 0 Å². The lowest BCUT2D eigenvalue weighted by molar-refractivity contribution is -0.717. The number of anilines is 2. The van der Waals surface area contributed by atoms with Crippen LogP contribution in [0.25, 0.3) is 10.8 Å². The van der Waals surface area contributed by atoms with Gasteiger partial charge in [-0.2, -0.15) is 9.78 Å². The fourth-order valence-electron chi connectivity index (χ4n) is 1.64. The molecule has 2 rings (SSSR count). The molecule has 78 valence electrons. The zero-order valence-electron chi connectivity index (χ0n) is 8.59. The Hall–Kier alpha value is -2.11. The number of hydrogen-bond donors (Lipinski definition) is 3. The highest BCUT2D eigenvalue weighted by atomic mass is 16.1. The van der Waals surface area contributed by atoms with Gasteiger partial charge in [0.15, 0.2) is 5.39 Å². The third-order valence-electron chi connectivity index (χ3n) is 2.36. The molecule has 0 fully saturated rings. The summed E-state index contributed by atoms with van der Waals surface area (Å²) in [6, 6.07) is 1.72. The first-order valence-electron chi connectivity index (χ1n) is 4.50. The summed E-state index contributed by atoms with van der Waals surface area (Å²) in [5, 5.41) is 3.66. The van der Waals surface area contributed by atoms with Crippen molar-refractivity contribution in [3.05, 3.63) is 22.1 Å². The lowest BCUT2D eigenvalue weighted by atomic mass is 10.2. The number of aryl methyl sites for hydroxylation is 2. The second kappa shape index (κ2) is 2.94. The maximum absolute atomic E-state index is 11.7. The summed E-state index contributed by atoms with van der Waals surface area (Å²) in [5.41, 5.74) is 12.2. The van der Waals surface area contributed by atoms with E-state index in [1.54, 1.807) is 13.1 Å². The van der Waals surface area contributed by atoms with Crippen molar-refractivity contribution in [3.8, 4) is 0 Å². The van der Waals surface area contributed by atoms with Crippen molar-refractivity contribution >= 4 is 22.4 Å². The maximum Gasteiger partial charge on any atom is 0.307 e. The van der Waals surface area contributed by atoms with Crippen LogP contribution in [0.15, 0.2) is 10.9 Å². The van der Waals surface area contributed by atoms with E-state index in [2.05, 4.69) is 10.1 Å². The number of nitrogens with zero attached hydrogens (tertiary/aromatic N) is 1. The summed E-state index contributed by atoms with van der Waals surface area (Å²) in [7, 11) is 1.66. The molecule has 0 aliphatic carbocycles. The van der Waals surface area contributed by atoms with Gasteiger partial charge in [0, 0.05) is 0 Å². The van der Waals surface area contributed by atoms with E-state index in [1.807, 2.05) is 6.92 Å². The lowest BCUT2D eigenvalue weighted by Gasteiger charge is -2.01. The van der Waals surface area contributed by atoms with Crippen LogP contribution in [0.3, 0.4) is 0 Å². The molecule has 0 aromatic carbocycles. The van der Waals surface area contributed by atoms with E-state index in [1.165, 1.54) is 4.68 Å². The molecule has 0 saturated heterocycles. The monoisotopic (exact) mass is 207 g/mol. The summed E-state index contributed by atoms with van der Waals surface area (Å²) in [4.78, 5) is 14.6. The molecule has 2 aromatic rings. The van der Waals surface area contributed by atoms with E-state index in [4.69, 9.17) is 11.5 Å². The van der Waals surface area contributed by atoms with E-state index in [0.717, 1.165) is 5.69 Å². The molecule has 0 bridgehead atoms. The third kappa shape index (κ3) is 1.30. The minimum Gasteiger partial charge on any atom is -0.286 e. The van der Waals surface area contributed by atoms with Gasteiger partial charge in [0.05, 0.1) is 11.1 Å². The highest BCUT2D eigenvalue weighted by Crippen LogP contribution is 2.17. The molecule has 0 saturated carbocycles. The van der Waals surface area contributed by atoms with E-state index in [0.29, 0.717) is 22.4 Å². The Morgan fingerprint density at radius 1 is 1.47 bits per heavy atom. The molecule has 15 heavy (non-hydrogen) atoms. The number of aromatic nitrogens is 3. The van der Waals surface area contributed by atoms with Gasteiger partial charge in [-0.25, -0.2) is 4.98 Å². The van der Waals surface area contributed by atoms with Crippen molar-refractivity contribution in [2.45, 2.75) is 6.92 Å². The quantitative estimate of drug-likeness (QED) is 0.465. The summed E-state index contributed by atoms with van der Waals surface area (Å²) in [5.74, 6) is 0.836. The summed E-state index contributed by atoms with van der Waals surface area (Å²) in [6.07, 6.45) is 0. The van der Waals surface area contributed by atoms with Crippen LogP contribution in [0.1, 0.15) is 5.69 Å². The number of H-pyrrole nitrogens is 2. The first kappa shape index (κ1) is 9.45. The van der Waals surface area contributed by atoms with Gasteiger partial charge in [0.1, 0.15) is 7.05 Å². The Morgan fingerprint density at radius 3 is 2.80 bits per heavy atom. The summed E-state index contributed by atoms with van der Waals surface area (Å²) >= 11 is 0. The minimum absolute atomic E-state index is 0.203. The van der Waals surface area contributed by atoms with Crippen molar-refractivity contribution in [3.63, 3.8) is 0 Å². The molecular weight excluding hydrogens is 194 g/mol. The van der Waals surface area contributed by atoms with Gasteiger partial charge in [-0.3, -0.25) is 16.3 Å². The highest BCUT2D eigenvalue weighted by molar-refractivity contribution is 5.95. The van der Waals surface area contributed by atoms with Gasteiger partial charge in [-0.05, 0) is 13.0 Å². The number of hydrogen-bond acceptors (Lipinski definition) is 3. The van der Waals surface area contributed by atoms with Gasteiger partial charge in [0.25, 0.3) is 11.4 Å². The second-order valence-electron chi connectivity index (χ2n) is 3.54. The summed E-state index contributed by atoms with van der Waals surface area (Å²) < 4.78 is 1.45. The van der Waals surface area contributed by atoms with Crippen LogP contribution < -0.4 is 26.7 Å². The van der Waals surface area contributed by atoms with Crippen LogP contribution in [0, 0.1) is 6.92 Å². The molecule has 6 N–H and O–H groups in total. The average Bonchev–Trinajstić information content (AvgIpc) is 2.13. The molecule has 0 atom stereocenters. The van der Waals surface area contributed by atoms with Crippen LogP contribution >= 0.6 is 0 Å².